The number of nitrogens with zero attached hydrogens (tertiary/aromatic N) is 1. The molecule has 0 aliphatic carbocycles. The van der Waals surface area contributed by atoms with Gasteiger partial charge in [0.25, 0.3) is 0 Å². The number of methoxy groups -OCH3 is 1. The van der Waals surface area contributed by atoms with Gasteiger partial charge in [0.05, 0.1) is 18.7 Å². The smallest absolute Gasteiger partial charge is 0.310 e. The lowest BCUT2D eigenvalue weighted by Crippen LogP contribution is -2.21. The van der Waals surface area contributed by atoms with E-state index in [1.807, 2.05) is 61.5 Å². The number of para-hydroxylation sites is 1. The number of benzene rings is 3. The zero-order valence-electron chi connectivity index (χ0n) is 20.2. The van der Waals surface area contributed by atoms with Gasteiger partial charge >= 0.3 is 5.97 Å². The molecule has 2 N–H and O–H groups in total. The third-order valence-electron chi connectivity index (χ3n) is 5.72. The normalized spacial score (nSPS) is 12.0. The number of hydrogen-bond donors (Lipinski definition) is 1. The van der Waals surface area contributed by atoms with Gasteiger partial charge in [-0.3, -0.25) is 4.79 Å². The van der Waals surface area contributed by atoms with Gasteiger partial charge in [-0.05, 0) is 54.8 Å². The number of carbonyl (C=O) groups excluding carboxylic acids is 1. The molecule has 1 unspecified atom stereocenters. The van der Waals surface area contributed by atoms with Gasteiger partial charge in [0.1, 0.15) is 18.5 Å². The lowest BCUT2D eigenvalue weighted by Gasteiger charge is -2.15. The summed E-state index contributed by atoms with van der Waals surface area (Å²) in [6.07, 6.45) is -0.194. The minimum atomic E-state index is -0.325. The number of ether oxygens (including phenoxy) is 3. The maximum atomic E-state index is 12.4. The van der Waals surface area contributed by atoms with Gasteiger partial charge in [-0.2, -0.15) is 0 Å². The second-order valence-electron chi connectivity index (χ2n) is 8.52. The van der Waals surface area contributed by atoms with E-state index in [1.54, 1.807) is 14.0 Å². The highest BCUT2D eigenvalue weighted by Gasteiger charge is 2.16. The molecule has 0 saturated carbocycles. The Kier molecular flexibility index (Phi) is 7.80. The molecule has 7 nitrogen and oxygen atoms in total. The van der Waals surface area contributed by atoms with Crippen LogP contribution in [-0.2, 0) is 33.8 Å². The van der Waals surface area contributed by atoms with Crippen molar-refractivity contribution in [1.82, 2.24) is 5.16 Å². The van der Waals surface area contributed by atoms with Crippen LogP contribution in [0.5, 0.6) is 5.75 Å². The highest BCUT2D eigenvalue weighted by molar-refractivity contribution is 5.94. The molecule has 7 heteroatoms. The van der Waals surface area contributed by atoms with Crippen molar-refractivity contribution in [2.24, 2.45) is 5.73 Å². The van der Waals surface area contributed by atoms with Crippen LogP contribution in [0.1, 0.15) is 29.3 Å². The topological polar surface area (TPSA) is 96.8 Å². The summed E-state index contributed by atoms with van der Waals surface area (Å²) in [5.41, 5.74) is 12.1. The van der Waals surface area contributed by atoms with Crippen molar-refractivity contribution >= 4 is 16.9 Å². The Hall–Kier alpha value is -3.68. The van der Waals surface area contributed by atoms with Crippen LogP contribution < -0.4 is 10.5 Å². The largest absolute Gasteiger partial charge is 0.489 e. The monoisotopic (exact) mass is 474 g/mol. The summed E-state index contributed by atoms with van der Waals surface area (Å²) in [6.45, 7) is 4.84. The SMILES string of the molecule is COCC(C)OC(=O)Cc1ccccc1OCc1cc(-c2cccc(CN)c2)c2onc(C)c2c1. The highest BCUT2D eigenvalue weighted by Crippen LogP contribution is 2.33. The van der Waals surface area contributed by atoms with Crippen molar-refractivity contribution in [3.63, 3.8) is 0 Å². The van der Waals surface area contributed by atoms with E-state index in [0.29, 0.717) is 25.5 Å². The Morgan fingerprint density at radius 2 is 1.91 bits per heavy atom. The Balaban J connectivity index is 1.57. The van der Waals surface area contributed by atoms with E-state index in [9.17, 15) is 4.79 Å². The second kappa shape index (κ2) is 11.2. The van der Waals surface area contributed by atoms with Crippen LogP contribution in [0.15, 0.2) is 65.2 Å². The minimum absolute atomic E-state index is 0.116. The van der Waals surface area contributed by atoms with Crippen molar-refractivity contribution in [2.75, 3.05) is 13.7 Å². The summed E-state index contributed by atoms with van der Waals surface area (Å²) in [5.74, 6) is 0.312. The molecule has 0 aliphatic rings. The van der Waals surface area contributed by atoms with Crippen LogP contribution in [0, 0.1) is 6.92 Å². The summed E-state index contributed by atoms with van der Waals surface area (Å²) in [5, 5.41) is 5.10. The second-order valence-corrected chi connectivity index (χ2v) is 8.52. The van der Waals surface area contributed by atoms with Crippen LogP contribution in [-0.4, -0.2) is 30.9 Å². The molecule has 0 saturated heterocycles. The van der Waals surface area contributed by atoms with E-state index < -0.39 is 0 Å². The maximum absolute atomic E-state index is 12.4. The molecule has 3 aromatic carbocycles. The van der Waals surface area contributed by atoms with E-state index in [1.165, 1.54) is 0 Å². The fourth-order valence-electron chi connectivity index (χ4n) is 4.02. The van der Waals surface area contributed by atoms with Gasteiger partial charge in [-0.15, -0.1) is 0 Å². The predicted molar refractivity (Wildman–Crippen MR) is 134 cm³/mol. The third kappa shape index (κ3) is 5.88. The fraction of sp³-hybridized carbons (Fsp3) is 0.286. The van der Waals surface area contributed by atoms with Crippen molar-refractivity contribution in [2.45, 2.75) is 39.5 Å². The Labute approximate surface area is 204 Å². The third-order valence-corrected chi connectivity index (χ3v) is 5.72. The molecule has 0 radical (unpaired) electrons. The summed E-state index contributed by atoms with van der Waals surface area (Å²) in [4.78, 5) is 12.4. The number of carbonyl (C=O) groups is 1. The van der Waals surface area contributed by atoms with Crippen LogP contribution in [0.3, 0.4) is 0 Å². The molecule has 0 bridgehead atoms. The maximum Gasteiger partial charge on any atom is 0.310 e. The Morgan fingerprint density at radius 3 is 2.71 bits per heavy atom. The number of nitrogens with two attached hydrogens (primary N) is 1. The van der Waals surface area contributed by atoms with Crippen LogP contribution in [0.25, 0.3) is 22.1 Å². The van der Waals surface area contributed by atoms with E-state index in [2.05, 4.69) is 11.2 Å². The van der Waals surface area contributed by atoms with Gasteiger partial charge in [-0.25, -0.2) is 0 Å². The number of aryl methyl sites for hydroxylation is 1. The average Bonchev–Trinajstić information content (AvgIpc) is 3.23. The van der Waals surface area contributed by atoms with E-state index in [0.717, 1.165) is 44.5 Å². The van der Waals surface area contributed by atoms with E-state index in [4.69, 9.17) is 24.5 Å². The van der Waals surface area contributed by atoms with Crippen molar-refractivity contribution in [1.29, 1.82) is 0 Å². The zero-order valence-corrected chi connectivity index (χ0v) is 20.2. The first-order chi connectivity index (χ1) is 17.0. The number of rotatable bonds is 10. The van der Waals surface area contributed by atoms with Gasteiger partial charge in [0.15, 0.2) is 5.58 Å². The Bertz CT molecular complexity index is 1310. The molecule has 1 heterocycles. The lowest BCUT2D eigenvalue weighted by atomic mass is 9.98. The van der Waals surface area contributed by atoms with Crippen molar-refractivity contribution in [3.05, 3.63) is 83.0 Å². The fourth-order valence-corrected chi connectivity index (χ4v) is 4.02. The van der Waals surface area contributed by atoms with Crippen molar-refractivity contribution < 1.29 is 23.5 Å². The molecule has 1 atom stereocenters. The predicted octanol–water partition coefficient (Wildman–Crippen LogP) is 4.96. The average molecular weight is 475 g/mol. The first kappa shape index (κ1) is 24.4. The first-order valence-corrected chi connectivity index (χ1v) is 11.6. The minimum Gasteiger partial charge on any atom is -0.489 e. The highest BCUT2D eigenvalue weighted by atomic mass is 16.6. The van der Waals surface area contributed by atoms with E-state index >= 15 is 0 Å². The van der Waals surface area contributed by atoms with Crippen LogP contribution >= 0.6 is 0 Å². The summed E-state index contributed by atoms with van der Waals surface area (Å²) < 4.78 is 22.3. The molecular weight excluding hydrogens is 444 g/mol. The molecule has 4 rings (SSSR count). The molecular formula is C28H30N2O5. The summed E-state index contributed by atoms with van der Waals surface area (Å²) in [7, 11) is 1.58. The number of aromatic nitrogens is 1. The van der Waals surface area contributed by atoms with Gasteiger partial charge < -0.3 is 24.5 Å². The number of fused-ring (bicyclic) bond motifs is 1. The lowest BCUT2D eigenvalue weighted by molar-refractivity contribution is -0.149. The van der Waals surface area contributed by atoms with Gasteiger partial charge in [-0.1, -0.05) is 41.6 Å². The molecule has 4 aromatic rings. The van der Waals surface area contributed by atoms with E-state index in [-0.39, 0.29) is 18.5 Å². The van der Waals surface area contributed by atoms with Gasteiger partial charge in [0, 0.05) is 30.2 Å². The van der Waals surface area contributed by atoms with Crippen molar-refractivity contribution in [3.8, 4) is 16.9 Å². The number of esters is 1. The molecule has 0 spiro atoms. The van der Waals surface area contributed by atoms with Crippen LogP contribution in [0.2, 0.25) is 0 Å². The summed E-state index contributed by atoms with van der Waals surface area (Å²) in [6, 6.07) is 19.6. The number of hydrogen-bond acceptors (Lipinski definition) is 7. The molecule has 0 fully saturated rings. The molecule has 0 amide bonds. The standard InChI is InChI=1S/C28H30N2O5/c1-18(16-32-3)34-27(31)14-23-8-4-5-10-26(23)33-17-21-12-24-19(2)30-35-28(24)25(13-21)22-9-6-7-20(11-22)15-29/h4-13,18H,14-17,29H2,1-3H3. The zero-order chi connectivity index (χ0) is 24.8. The quantitative estimate of drug-likeness (QED) is 0.324. The molecule has 35 heavy (non-hydrogen) atoms. The molecule has 0 aliphatic heterocycles. The molecule has 182 valence electrons. The van der Waals surface area contributed by atoms with Gasteiger partial charge in [0.2, 0.25) is 0 Å². The first-order valence-electron chi connectivity index (χ1n) is 11.6. The molecule has 1 aromatic heterocycles. The summed E-state index contributed by atoms with van der Waals surface area (Å²) >= 11 is 0. The Morgan fingerprint density at radius 1 is 1.09 bits per heavy atom. The van der Waals surface area contributed by atoms with Crippen LogP contribution in [0.4, 0.5) is 0 Å².